The Balaban J connectivity index is 2.38. The first-order valence-corrected chi connectivity index (χ1v) is 6.93. The molecule has 1 aromatic rings. The maximum atomic E-state index is 12.5. The minimum absolute atomic E-state index is 0.221. The van der Waals surface area contributed by atoms with E-state index in [9.17, 15) is 13.2 Å². The van der Waals surface area contributed by atoms with Gasteiger partial charge in [-0.2, -0.15) is 8.78 Å². The Morgan fingerprint density at radius 3 is 3.00 bits per heavy atom. The van der Waals surface area contributed by atoms with Crippen LogP contribution >= 0.6 is 23.1 Å². The van der Waals surface area contributed by atoms with E-state index in [4.69, 9.17) is 4.84 Å². The quantitative estimate of drug-likeness (QED) is 0.432. The van der Waals surface area contributed by atoms with Crippen LogP contribution in [0.25, 0.3) is 0 Å². The first-order chi connectivity index (χ1) is 8.63. The van der Waals surface area contributed by atoms with E-state index in [2.05, 4.69) is 10.1 Å². The second-order valence-corrected chi connectivity index (χ2v) is 5.15. The number of allylic oxidation sites excluding steroid dienone is 1. The van der Waals surface area contributed by atoms with Crippen LogP contribution in [0, 0.1) is 0 Å². The summed E-state index contributed by atoms with van der Waals surface area (Å²) in [4.78, 5) is 8.92. The van der Waals surface area contributed by atoms with Crippen molar-refractivity contribution in [1.29, 1.82) is 0 Å². The van der Waals surface area contributed by atoms with Gasteiger partial charge in [0.15, 0.2) is 10.2 Å². The normalized spacial score (nSPS) is 10.9. The molecule has 18 heavy (non-hydrogen) atoms. The molecule has 3 nitrogen and oxygen atoms in total. The van der Waals surface area contributed by atoms with Gasteiger partial charge in [0.1, 0.15) is 6.61 Å². The molecule has 0 radical (unpaired) electrons. The fraction of sp³-hybridized carbons (Fsp3) is 0.400. The highest BCUT2D eigenvalue weighted by Crippen LogP contribution is 2.25. The molecule has 1 rings (SSSR count). The number of rotatable bonds is 7. The highest BCUT2D eigenvalue weighted by Gasteiger charge is 2.06. The average molecular weight is 296 g/mol. The molecule has 0 spiro atoms. The molecule has 0 bridgehead atoms. The molecule has 1 heterocycles. The third kappa shape index (κ3) is 5.54. The van der Waals surface area contributed by atoms with Crippen LogP contribution in [0.15, 0.2) is 26.8 Å². The summed E-state index contributed by atoms with van der Waals surface area (Å²) in [6.45, 7) is 2.29. The third-order valence-electron chi connectivity index (χ3n) is 1.64. The van der Waals surface area contributed by atoms with E-state index in [1.54, 1.807) is 5.38 Å². The molecule has 100 valence electrons. The Morgan fingerprint density at radius 2 is 2.33 bits per heavy atom. The number of hydrogen-bond acceptors (Lipinski definition) is 5. The van der Waals surface area contributed by atoms with E-state index < -0.39 is 11.9 Å². The number of oxime groups is 1. The smallest absolute Gasteiger partial charge is 0.301 e. The van der Waals surface area contributed by atoms with Gasteiger partial charge in [-0.3, -0.25) is 0 Å². The van der Waals surface area contributed by atoms with E-state index in [-0.39, 0.29) is 12.2 Å². The SMILES string of the molecule is CCO/N=C\c1csc(SCCC(F)=C(F)F)n1. The Morgan fingerprint density at radius 1 is 1.56 bits per heavy atom. The zero-order valence-electron chi connectivity index (χ0n) is 9.53. The van der Waals surface area contributed by atoms with Gasteiger partial charge in [0.05, 0.1) is 11.9 Å². The van der Waals surface area contributed by atoms with Crippen LogP contribution < -0.4 is 0 Å². The fourth-order valence-electron chi connectivity index (χ4n) is 0.883. The Hall–Kier alpha value is -1.02. The summed E-state index contributed by atoms with van der Waals surface area (Å²) in [6.07, 6.45) is -1.08. The van der Waals surface area contributed by atoms with Crippen LogP contribution in [0.5, 0.6) is 0 Å². The Kier molecular flexibility index (Phi) is 6.81. The molecular weight excluding hydrogens is 285 g/mol. The van der Waals surface area contributed by atoms with Crippen molar-refractivity contribution in [2.24, 2.45) is 5.16 Å². The summed E-state index contributed by atoms with van der Waals surface area (Å²) in [5.41, 5.74) is 0.628. The van der Waals surface area contributed by atoms with E-state index >= 15 is 0 Å². The molecule has 1 aromatic heterocycles. The zero-order valence-corrected chi connectivity index (χ0v) is 11.2. The molecule has 0 aromatic carbocycles. The largest absolute Gasteiger partial charge is 0.396 e. The summed E-state index contributed by atoms with van der Waals surface area (Å²) in [7, 11) is 0. The summed E-state index contributed by atoms with van der Waals surface area (Å²) in [5, 5.41) is 5.41. The second kappa shape index (κ2) is 8.15. The average Bonchev–Trinajstić information content (AvgIpc) is 2.77. The fourth-order valence-corrected chi connectivity index (χ4v) is 2.67. The van der Waals surface area contributed by atoms with Gasteiger partial charge in [0.2, 0.25) is 0 Å². The number of hydrogen-bond donors (Lipinski definition) is 0. The van der Waals surface area contributed by atoms with Crippen molar-refractivity contribution >= 4 is 29.3 Å². The topological polar surface area (TPSA) is 34.5 Å². The van der Waals surface area contributed by atoms with E-state index in [0.717, 1.165) is 0 Å². The highest BCUT2D eigenvalue weighted by atomic mass is 32.2. The molecule has 0 amide bonds. The third-order valence-corrected chi connectivity index (χ3v) is 3.68. The summed E-state index contributed by atoms with van der Waals surface area (Å²) in [6, 6.07) is 0. The van der Waals surface area contributed by atoms with Crippen molar-refractivity contribution in [2.75, 3.05) is 12.4 Å². The number of thiazole rings is 1. The molecule has 0 fully saturated rings. The lowest BCUT2D eigenvalue weighted by atomic mass is 10.4. The predicted octanol–water partition coefficient (Wildman–Crippen LogP) is 4.07. The van der Waals surface area contributed by atoms with Crippen LogP contribution in [0.4, 0.5) is 13.2 Å². The predicted molar refractivity (Wildman–Crippen MR) is 67.0 cm³/mol. The maximum absolute atomic E-state index is 12.5. The van der Waals surface area contributed by atoms with Crippen molar-refractivity contribution in [3.05, 3.63) is 23.0 Å². The van der Waals surface area contributed by atoms with Crippen LogP contribution in [-0.2, 0) is 4.84 Å². The van der Waals surface area contributed by atoms with Crippen LogP contribution in [0.2, 0.25) is 0 Å². The second-order valence-electron chi connectivity index (χ2n) is 2.95. The van der Waals surface area contributed by atoms with Crippen LogP contribution in [0.3, 0.4) is 0 Å². The monoisotopic (exact) mass is 296 g/mol. The van der Waals surface area contributed by atoms with E-state index in [1.165, 1.54) is 29.3 Å². The lowest BCUT2D eigenvalue weighted by Gasteiger charge is -1.95. The lowest BCUT2D eigenvalue weighted by Crippen LogP contribution is -1.85. The van der Waals surface area contributed by atoms with Crippen molar-refractivity contribution < 1.29 is 18.0 Å². The number of aromatic nitrogens is 1. The summed E-state index contributed by atoms with van der Waals surface area (Å²) < 4.78 is 36.7. The van der Waals surface area contributed by atoms with Gasteiger partial charge in [-0.1, -0.05) is 16.9 Å². The summed E-state index contributed by atoms with van der Waals surface area (Å²) >= 11 is 2.57. The van der Waals surface area contributed by atoms with Gasteiger partial charge in [-0.25, -0.2) is 9.37 Å². The maximum Gasteiger partial charge on any atom is 0.301 e. The van der Waals surface area contributed by atoms with Crippen molar-refractivity contribution in [3.8, 4) is 0 Å². The number of nitrogens with zero attached hydrogens (tertiary/aromatic N) is 2. The summed E-state index contributed by atoms with van der Waals surface area (Å²) in [5.74, 6) is -1.14. The zero-order chi connectivity index (χ0) is 13.4. The van der Waals surface area contributed by atoms with Crippen molar-refractivity contribution in [3.63, 3.8) is 0 Å². The number of halogens is 3. The standard InChI is InChI=1S/C10H11F3N2OS2/c1-2-16-14-5-7-6-18-10(15-7)17-4-3-8(11)9(12)13/h5-6H,2-4H2,1H3/b14-5-. The van der Waals surface area contributed by atoms with Gasteiger partial charge in [0, 0.05) is 17.6 Å². The van der Waals surface area contributed by atoms with E-state index in [1.807, 2.05) is 6.92 Å². The molecule has 0 aliphatic carbocycles. The minimum Gasteiger partial charge on any atom is -0.396 e. The molecule has 0 saturated carbocycles. The Bertz CT molecular complexity index is 431. The van der Waals surface area contributed by atoms with Gasteiger partial charge in [-0.15, -0.1) is 11.3 Å². The highest BCUT2D eigenvalue weighted by molar-refractivity contribution is 8.01. The van der Waals surface area contributed by atoms with Crippen molar-refractivity contribution in [1.82, 2.24) is 4.98 Å². The number of thioether (sulfide) groups is 1. The first kappa shape index (κ1) is 15.0. The van der Waals surface area contributed by atoms with Crippen LogP contribution in [-0.4, -0.2) is 23.6 Å². The molecule has 0 aliphatic rings. The van der Waals surface area contributed by atoms with Crippen LogP contribution in [0.1, 0.15) is 19.0 Å². The van der Waals surface area contributed by atoms with Gasteiger partial charge >= 0.3 is 6.08 Å². The van der Waals surface area contributed by atoms with Gasteiger partial charge < -0.3 is 4.84 Å². The Labute approximate surface area is 111 Å². The first-order valence-electron chi connectivity index (χ1n) is 5.06. The molecule has 0 unspecified atom stereocenters. The molecule has 0 atom stereocenters. The van der Waals surface area contributed by atoms with E-state index in [0.29, 0.717) is 16.6 Å². The van der Waals surface area contributed by atoms with Crippen molar-refractivity contribution in [2.45, 2.75) is 17.7 Å². The molecule has 8 heteroatoms. The molecular formula is C10H11F3N2OS2. The molecule has 0 N–H and O–H groups in total. The van der Waals surface area contributed by atoms with Gasteiger partial charge in [-0.05, 0) is 6.92 Å². The van der Waals surface area contributed by atoms with Gasteiger partial charge in [0.25, 0.3) is 0 Å². The minimum atomic E-state index is -2.25. The molecule has 0 saturated heterocycles. The molecule has 0 aliphatic heterocycles. The lowest BCUT2D eigenvalue weighted by molar-refractivity contribution is 0.160.